The van der Waals surface area contributed by atoms with Crippen LogP contribution >= 0.6 is 11.6 Å². The van der Waals surface area contributed by atoms with Gasteiger partial charge in [0.05, 0.1) is 17.9 Å². The summed E-state index contributed by atoms with van der Waals surface area (Å²) >= 11 is 5.72. The molecule has 0 aliphatic carbocycles. The minimum absolute atomic E-state index is 0.00921. The molecule has 0 bridgehead atoms. The van der Waals surface area contributed by atoms with Crippen LogP contribution in [-0.2, 0) is 26.4 Å². The molecule has 0 radical (unpaired) electrons. The number of hydrogen-bond donors (Lipinski definition) is 0. The van der Waals surface area contributed by atoms with Gasteiger partial charge in [-0.3, -0.25) is 0 Å². The van der Waals surface area contributed by atoms with Gasteiger partial charge in [-0.15, -0.1) is 11.6 Å². The van der Waals surface area contributed by atoms with E-state index in [1.165, 1.54) is 4.31 Å². The van der Waals surface area contributed by atoms with Crippen molar-refractivity contribution >= 4 is 21.6 Å². The van der Waals surface area contributed by atoms with Crippen molar-refractivity contribution in [2.75, 3.05) is 13.7 Å². The molecular weight excluding hydrogens is 298 g/mol. The second-order valence-electron chi connectivity index (χ2n) is 5.15. The third-order valence-corrected chi connectivity index (χ3v) is 5.92. The number of sulfonamides is 1. The molecule has 1 saturated heterocycles. The second-order valence-corrected chi connectivity index (χ2v) is 7.45. The molecule has 0 saturated carbocycles. The normalized spacial score (nSPS) is 23.4. The molecule has 1 heterocycles. The molecule has 1 fully saturated rings. The van der Waals surface area contributed by atoms with E-state index in [1.807, 2.05) is 31.2 Å². The molecule has 0 spiro atoms. The Balaban J connectivity index is 2.09. The maximum Gasteiger partial charge on any atom is 0.218 e. The fraction of sp³-hybridized carbons (Fsp3) is 0.571. The number of nitrogens with zero attached hydrogens (tertiary/aromatic N) is 1. The lowest BCUT2D eigenvalue weighted by Crippen LogP contribution is -2.41. The first kappa shape index (κ1) is 15.8. The minimum Gasteiger partial charge on any atom is -0.377 e. The van der Waals surface area contributed by atoms with Crippen LogP contribution in [0.25, 0.3) is 0 Å². The molecule has 4 nitrogen and oxygen atoms in total. The van der Waals surface area contributed by atoms with E-state index in [1.54, 1.807) is 7.05 Å². The Morgan fingerprint density at radius 2 is 1.90 bits per heavy atom. The Hall–Kier alpha value is -0.620. The first-order valence-electron chi connectivity index (χ1n) is 6.65. The van der Waals surface area contributed by atoms with Crippen molar-refractivity contribution in [2.24, 2.45) is 0 Å². The lowest BCUT2D eigenvalue weighted by molar-refractivity contribution is 0.102. The van der Waals surface area contributed by atoms with Crippen molar-refractivity contribution in [2.45, 2.75) is 37.1 Å². The zero-order valence-electron chi connectivity index (χ0n) is 11.8. The Bertz CT molecular complexity index is 544. The highest BCUT2D eigenvalue weighted by molar-refractivity contribution is 7.88. The van der Waals surface area contributed by atoms with Gasteiger partial charge in [-0.2, -0.15) is 4.31 Å². The number of ether oxygens (including phenoxy) is 1. The van der Waals surface area contributed by atoms with Gasteiger partial charge in [0.1, 0.15) is 0 Å². The van der Waals surface area contributed by atoms with Gasteiger partial charge in [0.2, 0.25) is 10.0 Å². The maximum absolute atomic E-state index is 12.4. The fourth-order valence-electron chi connectivity index (χ4n) is 2.44. The lowest BCUT2D eigenvalue weighted by atomic mass is 10.2. The van der Waals surface area contributed by atoms with Gasteiger partial charge in [0, 0.05) is 19.5 Å². The fourth-order valence-corrected chi connectivity index (χ4v) is 4.13. The summed E-state index contributed by atoms with van der Waals surface area (Å²) in [5, 5.41) is 0. The van der Waals surface area contributed by atoms with Crippen LogP contribution in [0.5, 0.6) is 0 Å². The van der Waals surface area contributed by atoms with Crippen molar-refractivity contribution in [3.05, 3.63) is 35.4 Å². The Labute approximate surface area is 125 Å². The average molecular weight is 318 g/mol. The number of benzene rings is 1. The summed E-state index contributed by atoms with van der Waals surface area (Å²) in [6, 6.07) is 7.29. The highest BCUT2D eigenvalue weighted by Crippen LogP contribution is 2.22. The standard InChI is InChI=1S/C14H20ClNO3S/c1-11-14(7-8-19-11)16(2)20(17,18)10-13-5-3-12(9-15)4-6-13/h3-6,11,14H,7-10H2,1-2H3. The van der Waals surface area contributed by atoms with E-state index in [9.17, 15) is 8.42 Å². The van der Waals surface area contributed by atoms with Crippen LogP contribution in [0.2, 0.25) is 0 Å². The summed E-state index contributed by atoms with van der Waals surface area (Å²) in [7, 11) is -1.69. The van der Waals surface area contributed by atoms with E-state index in [2.05, 4.69) is 0 Å². The monoisotopic (exact) mass is 317 g/mol. The molecule has 2 atom stereocenters. The van der Waals surface area contributed by atoms with Crippen molar-refractivity contribution in [1.29, 1.82) is 0 Å². The average Bonchev–Trinajstić information content (AvgIpc) is 2.84. The molecule has 20 heavy (non-hydrogen) atoms. The van der Waals surface area contributed by atoms with Crippen molar-refractivity contribution in [3.63, 3.8) is 0 Å². The van der Waals surface area contributed by atoms with Gasteiger partial charge >= 0.3 is 0 Å². The number of hydrogen-bond acceptors (Lipinski definition) is 3. The van der Waals surface area contributed by atoms with Gasteiger partial charge in [0.25, 0.3) is 0 Å². The van der Waals surface area contributed by atoms with E-state index in [4.69, 9.17) is 16.3 Å². The first-order valence-corrected chi connectivity index (χ1v) is 8.79. The molecular formula is C14H20ClNO3S. The topological polar surface area (TPSA) is 46.6 Å². The summed E-state index contributed by atoms with van der Waals surface area (Å²) < 4.78 is 31.8. The molecule has 1 aliphatic rings. The summed E-state index contributed by atoms with van der Waals surface area (Å²) in [4.78, 5) is 0. The molecule has 0 N–H and O–H groups in total. The van der Waals surface area contributed by atoms with Crippen molar-refractivity contribution in [1.82, 2.24) is 4.31 Å². The van der Waals surface area contributed by atoms with E-state index in [0.29, 0.717) is 12.5 Å². The maximum atomic E-state index is 12.4. The van der Waals surface area contributed by atoms with Crippen LogP contribution in [-0.4, -0.2) is 38.5 Å². The highest BCUT2D eigenvalue weighted by Gasteiger charge is 2.34. The summed E-state index contributed by atoms with van der Waals surface area (Å²) in [5.41, 5.74) is 1.76. The smallest absolute Gasteiger partial charge is 0.218 e. The molecule has 0 amide bonds. The Morgan fingerprint density at radius 3 is 2.40 bits per heavy atom. The zero-order valence-corrected chi connectivity index (χ0v) is 13.3. The molecule has 2 unspecified atom stereocenters. The van der Waals surface area contributed by atoms with E-state index in [0.717, 1.165) is 17.5 Å². The lowest BCUT2D eigenvalue weighted by Gasteiger charge is -2.26. The van der Waals surface area contributed by atoms with Crippen LogP contribution in [0, 0.1) is 0 Å². The predicted octanol–water partition coefficient (Wildman–Crippen LogP) is 2.36. The molecule has 112 valence electrons. The molecule has 2 rings (SSSR count). The Morgan fingerprint density at radius 1 is 1.30 bits per heavy atom. The molecule has 1 aromatic rings. The van der Waals surface area contributed by atoms with Crippen LogP contribution in [0.15, 0.2) is 24.3 Å². The van der Waals surface area contributed by atoms with Gasteiger partial charge < -0.3 is 4.74 Å². The summed E-state index contributed by atoms with van der Waals surface area (Å²) in [5.74, 6) is 0.444. The van der Waals surface area contributed by atoms with E-state index < -0.39 is 10.0 Å². The van der Waals surface area contributed by atoms with Crippen molar-refractivity contribution < 1.29 is 13.2 Å². The molecule has 1 aliphatic heterocycles. The number of alkyl halides is 1. The van der Waals surface area contributed by atoms with E-state index >= 15 is 0 Å². The zero-order chi connectivity index (χ0) is 14.8. The van der Waals surface area contributed by atoms with Gasteiger partial charge in [-0.25, -0.2) is 8.42 Å². The Kier molecular flexibility index (Phi) is 5.07. The van der Waals surface area contributed by atoms with Crippen LogP contribution in [0.4, 0.5) is 0 Å². The minimum atomic E-state index is -3.33. The number of likely N-dealkylation sites (N-methyl/N-ethyl adjacent to an activating group) is 1. The van der Waals surface area contributed by atoms with Crippen LogP contribution < -0.4 is 0 Å². The molecule has 0 aromatic heterocycles. The van der Waals surface area contributed by atoms with Crippen LogP contribution in [0.1, 0.15) is 24.5 Å². The summed E-state index contributed by atoms with van der Waals surface area (Å²) in [6.07, 6.45) is 0.704. The molecule has 1 aromatic carbocycles. The van der Waals surface area contributed by atoms with Crippen molar-refractivity contribution in [3.8, 4) is 0 Å². The molecule has 6 heteroatoms. The predicted molar refractivity (Wildman–Crippen MR) is 80.2 cm³/mol. The highest BCUT2D eigenvalue weighted by atomic mass is 35.5. The van der Waals surface area contributed by atoms with Gasteiger partial charge in [-0.05, 0) is 24.5 Å². The third kappa shape index (κ3) is 3.52. The van der Waals surface area contributed by atoms with E-state index in [-0.39, 0.29) is 17.9 Å². The summed E-state index contributed by atoms with van der Waals surface area (Å²) in [6.45, 7) is 2.54. The number of halogens is 1. The van der Waals surface area contributed by atoms with Gasteiger partial charge in [0.15, 0.2) is 0 Å². The quantitative estimate of drug-likeness (QED) is 0.783. The second kappa shape index (κ2) is 6.43. The number of rotatable bonds is 5. The SMILES string of the molecule is CC1OCCC1N(C)S(=O)(=O)Cc1ccc(CCl)cc1. The largest absolute Gasteiger partial charge is 0.377 e. The van der Waals surface area contributed by atoms with Gasteiger partial charge in [-0.1, -0.05) is 24.3 Å². The van der Waals surface area contributed by atoms with Crippen LogP contribution in [0.3, 0.4) is 0 Å². The third-order valence-electron chi connectivity index (χ3n) is 3.77. The first-order chi connectivity index (χ1) is 9.44.